The Morgan fingerprint density at radius 3 is 2.07 bits per heavy atom. The van der Waals surface area contributed by atoms with E-state index in [1.807, 2.05) is 68.0 Å². The highest BCUT2D eigenvalue weighted by Gasteiger charge is 2.46. The molecule has 1 amide bonds. The molecular formula is C39H59BrN8O4Si2. The summed E-state index contributed by atoms with van der Waals surface area (Å²) >= 11 is 4.08. The summed E-state index contributed by atoms with van der Waals surface area (Å²) in [6, 6.07) is 8.35. The first-order chi connectivity index (χ1) is 25.4. The summed E-state index contributed by atoms with van der Waals surface area (Å²) < 4.78 is 23.3. The number of anilines is 1. The van der Waals surface area contributed by atoms with Crippen molar-refractivity contribution in [2.75, 3.05) is 31.6 Å². The zero-order valence-corrected chi connectivity index (χ0v) is 37.4. The number of hydrogen-bond acceptors (Lipinski definition) is 9. The molecule has 15 heteroatoms. The monoisotopic (exact) mass is 838 g/mol. The van der Waals surface area contributed by atoms with Crippen LogP contribution in [0, 0.1) is 0 Å². The second kappa shape index (κ2) is 16.2. The molecule has 0 spiro atoms. The van der Waals surface area contributed by atoms with Crippen molar-refractivity contribution < 1.29 is 19.0 Å². The molecule has 2 aliphatic heterocycles. The lowest BCUT2D eigenvalue weighted by Crippen LogP contribution is -2.48. The number of carbonyl (C=O) groups is 1. The van der Waals surface area contributed by atoms with E-state index < -0.39 is 21.7 Å². The summed E-state index contributed by atoms with van der Waals surface area (Å²) in [5.41, 5.74) is 4.59. The van der Waals surface area contributed by atoms with Gasteiger partial charge in [0.1, 0.15) is 24.8 Å². The second-order valence-corrected chi connectivity index (χ2v) is 30.4. The molecule has 2 fully saturated rings. The topological polar surface area (TPSA) is 112 Å². The maximum absolute atomic E-state index is 13.4. The molecule has 2 aliphatic rings. The van der Waals surface area contributed by atoms with E-state index in [1.54, 1.807) is 4.68 Å². The minimum Gasteiger partial charge on any atom is -0.444 e. The second-order valence-electron chi connectivity index (χ2n) is 18.4. The van der Waals surface area contributed by atoms with Crippen molar-refractivity contribution in [2.24, 2.45) is 7.05 Å². The maximum atomic E-state index is 13.4. The molecule has 2 unspecified atom stereocenters. The van der Waals surface area contributed by atoms with Crippen LogP contribution in [0.25, 0.3) is 28.2 Å². The van der Waals surface area contributed by atoms with Crippen LogP contribution in [-0.2, 0) is 21.3 Å². The van der Waals surface area contributed by atoms with E-state index in [1.165, 1.54) is 0 Å². The third-order valence-corrected chi connectivity index (χ3v) is 14.3. The highest BCUT2D eigenvalue weighted by molar-refractivity contribution is 9.10. The maximum Gasteiger partial charge on any atom is 0.410 e. The van der Waals surface area contributed by atoms with Crippen LogP contribution < -0.4 is 4.90 Å². The zero-order valence-electron chi connectivity index (χ0n) is 33.9. The summed E-state index contributed by atoms with van der Waals surface area (Å²) in [5.74, 6) is 0.969. The normalized spacial score (nSPS) is 19.2. The third kappa shape index (κ3) is 9.81. The highest BCUT2D eigenvalue weighted by atomic mass is 79.9. The van der Waals surface area contributed by atoms with Crippen LogP contribution in [0.1, 0.15) is 58.1 Å². The molecule has 4 aromatic rings. The van der Waals surface area contributed by atoms with Gasteiger partial charge in [0, 0.05) is 77.9 Å². The van der Waals surface area contributed by atoms with Crippen LogP contribution in [0.15, 0.2) is 41.3 Å². The van der Waals surface area contributed by atoms with Gasteiger partial charge in [-0.1, -0.05) is 45.3 Å². The average molecular weight is 840 g/mol. The van der Waals surface area contributed by atoms with Gasteiger partial charge in [-0.2, -0.15) is 14.7 Å². The summed E-state index contributed by atoms with van der Waals surface area (Å²) in [6.07, 6.45) is 8.99. The Morgan fingerprint density at radius 1 is 0.926 bits per heavy atom. The molecule has 2 atom stereocenters. The van der Waals surface area contributed by atoms with Crippen molar-refractivity contribution >= 4 is 49.6 Å². The summed E-state index contributed by atoms with van der Waals surface area (Å²) in [6.45, 7) is 22.1. The molecule has 0 aromatic carbocycles. The van der Waals surface area contributed by atoms with Crippen LogP contribution in [0.3, 0.4) is 0 Å². The molecule has 294 valence electrons. The van der Waals surface area contributed by atoms with Gasteiger partial charge in [0.25, 0.3) is 0 Å². The number of amides is 1. The third-order valence-electron chi connectivity index (χ3n) is 10.2. The minimum absolute atomic E-state index is 0.0931. The lowest BCUT2D eigenvalue weighted by molar-refractivity contribution is 0.00566. The zero-order chi connectivity index (χ0) is 39.0. The number of ether oxygens (including phenoxy) is 3. The Hall–Kier alpha value is -3.12. The molecule has 0 N–H and O–H groups in total. The van der Waals surface area contributed by atoms with Gasteiger partial charge in [-0.05, 0) is 86.6 Å². The lowest BCUT2D eigenvalue weighted by Gasteiger charge is -2.39. The van der Waals surface area contributed by atoms with E-state index in [0.717, 1.165) is 81.9 Å². The fourth-order valence-corrected chi connectivity index (χ4v) is 9.60. The number of pyridine rings is 1. The van der Waals surface area contributed by atoms with Crippen molar-refractivity contribution in [1.29, 1.82) is 0 Å². The van der Waals surface area contributed by atoms with Crippen LogP contribution in [0.2, 0.25) is 51.4 Å². The van der Waals surface area contributed by atoms with Crippen molar-refractivity contribution in [2.45, 2.75) is 121 Å². The Labute approximate surface area is 331 Å². The predicted molar refractivity (Wildman–Crippen MR) is 223 cm³/mol. The number of hydrogen-bond donors (Lipinski definition) is 0. The molecule has 54 heavy (non-hydrogen) atoms. The van der Waals surface area contributed by atoms with Gasteiger partial charge in [-0.25, -0.2) is 9.78 Å². The summed E-state index contributed by atoms with van der Waals surface area (Å²) in [7, 11) is -0.687. The number of rotatable bonds is 14. The Bertz CT molecular complexity index is 1880. The smallest absolute Gasteiger partial charge is 0.410 e. The first-order valence-electron chi connectivity index (χ1n) is 19.3. The van der Waals surface area contributed by atoms with Gasteiger partial charge in [-0.15, -0.1) is 0 Å². The van der Waals surface area contributed by atoms with E-state index in [-0.39, 0.29) is 24.1 Å². The molecule has 6 heterocycles. The van der Waals surface area contributed by atoms with E-state index in [4.69, 9.17) is 29.3 Å². The predicted octanol–water partition coefficient (Wildman–Crippen LogP) is 9.03. The largest absolute Gasteiger partial charge is 0.444 e. The van der Waals surface area contributed by atoms with E-state index in [2.05, 4.69) is 71.3 Å². The fraction of sp³-hybridized carbons (Fsp3) is 0.615. The molecule has 2 bridgehead atoms. The van der Waals surface area contributed by atoms with Gasteiger partial charge in [0.15, 0.2) is 11.5 Å². The van der Waals surface area contributed by atoms with Crippen LogP contribution in [-0.4, -0.2) is 101 Å². The number of nitrogens with zero attached hydrogens (tertiary/aromatic N) is 8. The highest BCUT2D eigenvalue weighted by Crippen LogP contribution is 2.47. The van der Waals surface area contributed by atoms with Gasteiger partial charge in [0.05, 0.1) is 22.1 Å². The van der Waals surface area contributed by atoms with Crippen LogP contribution in [0.5, 0.6) is 0 Å². The molecule has 0 radical (unpaired) electrons. The molecule has 2 saturated heterocycles. The number of aryl methyl sites for hydroxylation is 1. The van der Waals surface area contributed by atoms with Gasteiger partial charge in [-0.3, -0.25) is 9.67 Å². The lowest BCUT2D eigenvalue weighted by atomic mass is 9.88. The molecule has 12 nitrogen and oxygen atoms in total. The van der Waals surface area contributed by atoms with Crippen LogP contribution in [0.4, 0.5) is 10.6 Å². The van der Waals surface area contributed by atoms with E-state index in [0.29, 0.717) is 26.7 Å². The summed E-state index contributed by atoms with van der Waals surface area (Å²) in [4.78, 5) is 27.7. The van der Waals surface area contributed by atoms with Gasteiger partial charge >= 0.3 is 6.09 Å². The quantitative estimate of drug-likeness (QED) is 0.0698. The summed E-state index contributed by atoms with van der Waals surface area (Å²) in [5, 5.41) is 9.49. The van der Waals surface area contributed by atoms with E-state index >= 15 is 0 Å². The van der Waals surface area contributed by atoms with Gasteiger partial charge < -0.3 is 24.0 Å². The Balaban J connectivity index is 1.39. The molecule has 0 saturated carbocycles. The van der Waals surface area contributed by atoms with Gasteiger partial charge in [0.2, 0.25) is 0 Å². The van der Waals surface area contributed by atoms with E-state index in [9.17, 15) is 4.79 Å². The average Bonchev–Trinajstić information content (AvgIpc) is 3.77. The SMILES string of the molecule is Cn1ccc(-c2ccc(-c3cnn4c(N(COCC[Si](C)(C)C)COCC[Si](C)(C)C)c(Br)c(C5CC6CCC(C5)N6C(=O)OC(C)(C)C)nc34)cn2)n1. The molecule has 6 rings (SSSR count). The number of aromatic nitrogens is 6. The van der Waals surface area contributed by atoms with Crippen molar-refractivity contribution in [3.8, 4) is 22.5 Å². The van der Waals surface area contributed by atoms with Crippen LogP contribution >= 0.6 is 15.9 Å². The molecular weight excluding hydrogens is 781 g/mol. The fourth-order valence-electron chi connectivity index (χ4n) is 7.26. The number of fused-ring (bicyclic) bond motifs is 3. The Kier molecular flexibility index (Phi) is 12.1. The number of piperidine rings is 1. The van der Waals surface area contributed by atoms with Crippen molar-refractivity contribution in [3.63, 3.8) is 0 Å². The number of carbonyl (C=O) groups excluding carboxylic acids is 1. The number of halogens is 1. The molecule has 4 aromatic heterocycles. The van der Waals surface area contributed by atoms with Crippen molar-refractivity contribution in [1.82, 2.24) is 34.3 Å². The first kappa shape index (κ1) is 40.5. The van der Waals surface area contributed by atoms with Crippen molar-refractivity contribution in [3.05, 3.63) is 47.0 Å². The minimum atomic E-state index is -1.30. The Morgan fingerprint density at radius 2 is 1.56 bits per heavy atom. The first-order valence-corrected chi connectivity index (χ1v) is 27.5. The standard InChI is InChI=1S/C39H59BrN8O4Si2/c1-39(2,3)52-38(49)47-29-12-13-30(47)22-28(21-29)35-34(40)37(46(25-50-17-19-53(5,6)7)26-51-18-20-54(8,9)10)48-36(43-35)31(24-42-48)27-11-14-32(41-23-27)33-15-16-45(4)44-33/h11,14-16,23-24,28-30H,12-13,17-22,25-26H2,1-10H3. The molecule has 0 aliphatic carbocycles.